The van der Waals surface area contributed by atoms with Crippen molar-refractivity contribution in [1.82, 2.24) is 19.4 Å². The Labute approximate surface area is 187 Å². The van der Waals surface area contributed by atoms with E-state index in [0.29, 0.717) is 5.89 Å². The Morgan fingerprint density at radius 1 is 1.03 bits per heavy atom. The van der Waals surface area contributed by atoms with E-state index < -0.39 is 0 Å². The molecule has 0 aliphatic carbocycles. The lowest BCUT2D eigenvalue weighted by atomic mass is 9.84. The Morgan fingerprint density at radius 3 is 2.62 bits per heavy atom. The molecule has 2 aromatic carbocycles. The minimum Gasteiger partial charge on any atom is -0.441 e. The van der Waals surface area contributed by atoms with Gasteiger partial charge in [0.25, 0.3) is 0 Å². The standard InChI is InChI=1S/C26H26N4O2/c1-19-24(28-25(32-19)20-6-8-22(9-7-20)30-15-12-27-18-30)16-29-13-10-26(11-14-29)23-5-3-2-4-21(23)17-31-26/h2-9,12,15,18H,10-11,13-14,16-17H2,1H3. The van der Waals surface area contributed by atoms with Gasteiger partial charge >= 0.3 is 0 Å². The molecule has 162 valence electrons. The number of hydrogen-bond donors (Lipinski definition) is 0. The Hall–Kier alpha value is -3.22. The molecule has 1 fully saturated rings. The van der Waals surface area contributed by atoms with Crippen molar-refractivity contribution in [2.75, 3.05) is 13.1 Å². The summed E-state index contributed by atoms with van der Waals surface area (Å²) in [7, 11) is 0. The number of ether oxygens (including phenoxy) is 1. The predicted octanol–water partition coefficient (Wildman–Crippen LogP) is 4.86. The molecule has 0 radical (unpaired) electrons. The van der Waals surface area contributed by atoms with Crippen LogP contribution in [-0.4, -0.2) is 32.5 Å². The summed E-state index contributed by atoms with van der Waals surface area (Å²) in [5.74, 6) is 1.57. The van der Waals surface area contributed by atoms with E-state index in [1.165, 1.54) is 11.1 Å². The van der Waals surface area contributed by atoms with Crippen LogP contribution >= 0.6 is 0 Å². The van der Waals surface area contributed by atoms with Crippen molar-refractivity contribution in [1.29, 1.82) is 0 Å². The number of aryl methyl sites for hydroxylation is 1. The summed E-state index contributed by atoms with van der Waals surface area (Å²) in [6.07, 6.45) is 7.53. The van der Waals surface area contributed by atoms with Crippen molar-refractivity contribution in [3.05, 3.63) is 89.8 Å². The first kappa shape index (κ1) is 19.5. The van der Waals surface area contributed by atoms with Crippen LogP contribution in [0.4, 0.5) is 0 Å². The van der Waals surface area contributed by atoms with E-state index >= 15 is 0 Å². The zero-order chi connectivity index (χ0) is 21.5. The maximum atomic E-state index is 6.31. The zero-order valence-electron chi connectivity index (χ0n) is 18.2. The van der Waals surface area contributed by atoms with Crippen molar-refractivity contribution in [2.45, 2.75) is 38.5 Å². The van der Waals surface area contributed by atoms with Gasteiger partial charge < -0.3 is 13.7 Å². The normalized spacial score (nSPS) is 17.7. The van der Waals surface area contributed by atoms with E-state index in [9.17, 15) is 0 Å². The molecule has 2 aromatic heterocycles. The minimum absolute atomic E-state index is 0.103. The number of hydrogen-bond acceptors (Lipinski definition) is 5. The van der Waals surface area contributed by atoms with Gasteiger partial charge in [-0.2, -0.15) is 0 Å². The van der Waals surface area contributed by atoms with Crippen molar-refractivity contribution in [2.24, 2.45) is 0 Å². The highest BCUT2D eigenvalue weighted by Gasteiger charge is 2.42. The second-order valence-electron chi connectivity index (χ2n) is 8.75. The molecule has 0 saturated carbocycles. The predicted molar refractivity (Wildman–Crippen MR) is 121 cm³/mol. The quantitative estimate of drug-likeness (QED) is 0.467. The second-order valence-corrected chi connectivity index (χ2v) is 8.75. The fourth-order valence-corrected chi connectivity index (χ4v) is 4.97. The van der Waals surface area contributed by atoms with E-state index in [4.69, 9.17) is 14.1 Å². The largest absolute Gasteiger partial charge is 0.441 e. The highest BCUT2D eigenvalue weighted by molar-refractivity contribution is 5.56. The molecule has 1 spiro atoms. The minimum atomic E-state index is -0.103. The van der Waals surface area contributed by atoms with Gasteiger partial charge in [0, 0.05) is 43.3 Å². The van der Waals surface area contributed by atoms with Gasteiger partial charge in [-0.25, -0.2) is 9.97 Å². The Bertz CT molecular complexity index is 1220. The molecule has 2 aliphatic rings. The smallest absolute Gasteiger partial charge is 0.226 e. The number of imidazole rings is 1. The summed E-state index contributed by atoms with van der Waals surface area (Å²) in [5, 5.41) is 0. The first-order valence-corrected chi connectivity index (χ1v) is 11.2. The summed E-state index contributed by atoms with van der Waals surface area (Å²) < 4.78 is 14.3. The van der Waals surface area contributed by atoms with Gasteiger partial charge in [0.1, 0.15) is 5.76 Å². The molecule has 0 bridgehead atoms. The molecule has 0 amide bonds. The Kier molecular flexibility index (Phi) is 4.70. The van der Waals surface area contributed by atoms with Crippen LogP contribution in [0.25, 0.3) is 17.1 Å². The fraction of sp³-hybridized carbons (Fsp3) is 0.308. The number of aromatic nitrogens is 3. The van der Waals surface area contributed by atoms with Gasteiger partial charge in [-0.05, 0) is 55.2 Å². The van der Waals surface area contributed by atoms with Crippen LogP contribution in [0, 0.1) is 6.92 Å². The molecule has 6 rings (SSSR count). The SMILES string of the molecule is Cc1oc(-c2ccc(-n3ccnc3)cc2)nc1CN1CCC2(CC1)OCc1ccccc12. The van der Waals surface area contributed by atoms with Crippen LogP contribution in [0.2, 0.25) is 0 Å². The Balaban J connectivity index is 1.14. The van der Waals surface area contributed by atoms with Gasteiger partial charge in [0.2, 0.25) is 5.89 Å². The molecule has 6 nitrogen and oxygen atoms in total. The third-order valence-electron chi connectivity index (χ3n) is 6.86. The fourth-order valence-electron chi connectivity index (χ4n) is 4.97. The van der Waals surface area contributed by atoms with E-state index in [-0.39, 0.29) is 5.60 Å². The topological polar surface area (TPSA) is 56.3 Å². The van der Waals surface area contributed by atoms with Crippen LogP contribution in [0.1, 0.15) is 35.4 Å². The lowest BCUT2D eigenvalue weighted by Crippen LogP contribution is -2.42. The summed E-state index contributed by atoms with van der Waals surface area (Å²) in [5.41, 5.74) is 5.69. The van der Waals surface area contributed by atoms with Crippen LogP contribution in [0.5, 0.6) is 0 Å². The number of rotatable bonds is 4. The van der Waals surface area contributed by atoms with Gasteiger partial charge in [0.15, 0.2) is 0 Å². The lowest BCUT2D eigenvalue weighted by Gasteiger charge is -2.39. The van der Waals surface area contributed by atoms with E-state index in [2.05, 4.69) is 46.3 Å². The maximum absolute atomic E-state index is 6.31. The van der Waals surface area contributed by atoms with Gasteiger partial charge in [0.05, 0.1) is 24.2 Å². The number of piperidine rings is 1. The summed E-state index contributed by atoms with van der Waals surface area (Å²) in [6.45, 7) is 5.54. The van der Waals surface area contributed by atoms with Crippen LogP contribution in [-0.2, 0) is 23.5 Å². The number of fused-ring (bicyclic) bond motifs is 2. The molecular weight excluding hydrogens is 400 g/mol. The monoisotopic (exact) mass is 426 g/mol. The second kappa shape index (κ2) is 7.73. The van der Waals surface area contributed by atoms with E-state index in [1.807, 2.05) is 29.8 Å². The van der Waals surface area contributed by atoms with Gasteiger partial charge in [-0.1, -0.05) is 24.3 Å². The van der Waals surface area contributed by atoms with Gasteiger partial charge in [-0.15, -0.1) is 0 Å². The van der Waals surface area contributed by atoms with E-state index in [1.54, 1.807) is 12.5 Å². The van der Waals surface area contributed by atoms with Crippen molar-refractivity contribution in [3.8, 4) is 17.1 Å². The average molecular weight is 427 g/mol. The van der Waals surface area contributed by atoms with Crippen LogP contribution in [0.15, 0.2) is 71.7 Å². The average Bonchev–Trinajstić information content (AvgIpc) is 3.57. The van der Waals surface area contributed by atoms with Gasteiger partial charge in [-0.3, -0.25) is 4.90 Å². The highest BCUT2D eigenvalue weighted by atomic mass is 16.5. The lowest BCUT2D eigenvalue weighted by molar-refractivity contribution is -0.0800. The Morgan fingerprint density at radius 2 is 1.84 bits per heavy atom. The summed E-state index contributed by atoms with van der Waals surface area (Å²) in [6, 6.07) is 16.9. The molecule has 0 atom stereocenters. The first-order chi connectivity index (χ1) is 15.7. The van der Waals surface area contributed by atoms with Crippen LogP contribution < -0.4 is 0 Å². The molecule has 0 N–H and O–H groups in total. The summed E-state index contributed by atoms with van der Waals surface area (Å²) in [4.78, 5) is 11.4. The third kappa shape index (κ3) is 3.36. The van der Waals surface area contributed by atoms with Crippen molar-refractivity contribution in [3.63, 3.8) is 0 Å². The van der Waals surface area contributed by atoms with Crippen LogP contribution in [0.3, 0.4) is 0 Å². The van der Waals surface area contributed by atoms with Crippen molar-refractivity contribution >= 4 is 0 Å². The molecular formula is C26H26N4O2. The number of nitrogens with zero attached hydrogens (tertiary/aromatic N) is 4. The zero-order valence-corrected chi connectivity index (χ0v) is 18.2. The maximum Gasteiger partial charge on any atom is 0.226 e. The summed E-state index contributed by atoms with van der Waals surface area (Å²) >= 11 is 0. The molecule has 0 unspecified atom stereocenters. The molecule has 4 heterocycles. The molecule has 1 saturated heterocycles. The van der Waals surface area contributed by atoms with Crippen molar-refractivity contribution < 1.29 is 9.15 Å². The molecule has 4 aromatic rings. The molecule has 6 heteroatoms. The molecule has 32 heavy (non-hydrogen) atoms. The third-order valence-corrected chi connectivity index (χ3v) is 6.86. The number of likely N-dealkylation sites (tertiary alicyclic amines) is 1. The highest BCUT2D eigenvalue weighted by Crippen LogP contribution is 2.44. The first-order valence-electron chi connectivity index (χ1n) is 11.2. The van der Waals surface area contributed by atoms with E-state index in [0.717, 1.165) is 61.8 Å². The molecule has 2 aliphatic heterocycles. The number of oxazole rings is 1. The number of benzene rings is 2.